The first-order chi connectivity index (χ1) is 8.85. The molecule has 0 aromatic carbocycles. The minimum Gasteiger partial charge on any atom is -0.378 e. The first kappa shape index (κ1) is 12.1. The average molecular weight is 265 g/mol. The number of nitrogens with one attached hydrogen (secondary N) is 1. The number of hydrogen-bond donors (Lipinski definition) is 1. The highest BCUT2D eigenvalue weighted by Gasteiger charge is 2.20. The molecule has 2 aromatic rings. The second-order valence-electron chi connectivity index (χ2n) is 4.89. The molecule has 0 saturated carbocycles. The summed E-state index contributed by atoms with van der Waals surface area (Å²) in [4.78, 5) is 5.72. The van der Waals surface area contributed by atoms with E-state index < -0.39 is 0 Å². The van der Waals surface area contributed by atoms with Gasteiger partial charge in [0.15, 0.2) is 4.96 Å². The molecule has 2 unspecified atom stereocenters. The normalized spacial score (nSPS) is 21.7. The van der Waals surface area contributed by atoms with Gasteiger partial charge in [-0.25, -0.2) is 4.98 Å². The molecule has 0 spiro atoms. The second-order valence-corrected chi connectivity index (χ2v) is 5.76. The number of nitrogens with zero attached hydrogens (tertiary/aromatic N) is 2. The van der Waals surface area contributed by atoms with Crippen molar-refractivity contribution in [1.82, 2.24) is 14.7 Å². The van der Waals surface area contributed by atoms with Crippen LogP contribution in [-0.2, 0) is 11.2 Å². The fourth-order valence-electron chi connectivity index (χ4n) is 2.58. The van der Waals surface area contributed by atoms with Gasteiger partial charge in [0.25, 0.3) is 0 Å². The maximum absolute atomic E-state index is 5.70. The van der Waals surface area contributed by atoms with Gasteiger partial charge >= 0.3 is 0 Å². The molecule has 0 amide bonds. The molecule has 0 radical (unpaired) electrons. The molecule has 1 aliphatic rings. The third-order valence-corrected chi connectivity index (χ3v) is 4.35. The Morgan fingerprint density at radius 1 is 1.67 bits per heavy atom. The van der Waals surface area contributed by atoms with Crippen molar-refractivity contribution in [2.45, 2.75) is 37.8 Å². The Labute approximate surface area is 111 Å². The van der Waals surface area contributed by atoms with Gasteiger partial charge in [-0.2, -0.15) is 0 Å². The predicted octanol–water partition coefficient (Wildman–Crippen LogP) is 2.10. The van der Waals surface area contributed by atoms with E-state index in [1.54, 1.807) is 11.3 Å². The number of ether oxygens (including phenoxy) is 1. The molecular formula is C13H19N3OS. The maximum Gasteiger partial charge on any atom is 0.193 e. The number of thiazole rings is 1. The van der Waals surface area contributed by atoms with Crippen LogP contribution >= 0.6 is 11.3 Å². The van der Waals surface area contributed by atoms with Crippen molar-refractivity contribution in [1.29, 1.82) is 0 Å². The van der Waals surface area contributed by atoms with Crippen LogP contribution in [0.2, 0.25) is 0 Å². The van der Waals surface area contributed by atoms with E-state index in [-0.39, 0.29) is 0 Å². The average Bonchev–Trinajstić information content (AvgIpc) is 3.03. The van der Waals surface area contributed by atoms with Crippen LogP contribution in [-0.4, -0.2) is 35.2 Å². The first-order valence-corrected chi connectivity index (χ1v) is 7.43. The van der Waals surface area contributed by atoms with E-state index in [0.717, 1.165) is 24.4 Å². The van der Waals surface area contributed by atoms with Gasteiger partial charge in [-0.05, 0) is 26.3 Å². The highest BCUT2D eigenvalue weighted by Crippen LogP contribution is 2.19. The van der Waals surface area contributed by atoms with E-state index in [2.05, 4.69) is 32.5 Å². The first-order valence-electron chi connectivity index (χ1n) is 6.55. The SMILES string of the molecule is CNC(Cc1cn2ccsc2n1)CC1CCCO1. The topological polar surface area (TPSA) is 38.6 Å². The Bertz CT molecular complexity index is 473. The Kier molecular flexibility index (Phi) is 3.63. The van der Waals surface area contributed by atoms with Crippen molar-refractivity contribution in [3.05, 3.63) is 23.5 Å². The van der Waals surface area contributed by atoms with E-state index in [4.69, 9.17) is 4.74 Å². The quantitative estimate of drug-likeness (QED) is 0.899. The lowest BCUT2D eigenvalue weighted by atomic mass is 10.0. The lowest BCUT2D eigenvalue weighted by Gasteiger charge is -2.18. The molecule has 5 heteroatoms. The number of hydrogen-bond acceptors (Lipinski definition) is 4. The summed E-state index contributed by atoms with van der Waals surface area (Å²) in [6.07, 6.45) is 9.10. The predicted molar refractivity (Wildman–Crippen MR) is 73.2 cm³/mol. The lowest BCUT2D eigenvalue weighted by molar-refractivity contribution is 0.0953. The van der Waals surface area contributed by atoms with Crippen LogP contribution in [0.5, 0.6) is 0 Å². The molecule has 1 saturated heterocycles. The van der Waals surface area contributed by atoms with Crippen LogP contribution in [0.4, 0.5) is 0 Å². The standard InChI is InChI=1S/C13H19N3OS/c1-14-10(8-12-3-2-5-17-12)7-11-9-16-4-6-18-13(16)15-11/h4,6,9-10,12,14H,2-3,5,7-8H2,1H3. The van der Waals surface area contributed by atoms with E-state index >= 15 is 0 Å². The monoisotopic (exact) mass is 265 g/mol. The fraction of sp³-hybridized carbons (Fsp3) is 0.615. The second kappa shape index (κ2) is 5.38. The molecule has 0 aliphatic carbocycles. The van der Waals surface area contributed by atoms with Crippen LogP contribution in [0, 0.1) is 0 Å². The van der Waals surface area contributed by atoms with Crippen LogP contribution in [0.15, 0.2) is 17.8 Å². The number of imidazole rings is 1. The van der Waals surface area contributed by atoms with Gasteiger partial charge in [0, 0.05) is 36.8 Å². The molecule has 1 fully saturated rings. The Morgan fingerprint density at radius 2 is 2.61 bits per heavy atom. The largest absolute Gasteiger partial charge is 0.378 e. The van der Waals surface area contributed by atoms with Crippen LogP contribution in [0.3, 0.4) is 0 Å². The van der Waals surface area contributed by atoms with Gasteiger partial charge in [0.05, 0.1) is 11.8 Å². The van der Waals surface area contributed by atoms with Crippen molar-refractivity contribution in [3.63, 3.8) is 0 Å². The van der Waals surface area contributed by atoms with Gasteiger partial charge in [0.2, 0.25) is 0 Å². The molecule has 3 rings (SSSR count). The Balaban J connectivity index is 1.63. The summed E-state index contributed by atoms with van der Waals surface area (Å²) in [7, 11) is 2.03. The molecule has 98 valence electrons. The van der Waals surface area contributed by atoms with Crippen LogP contribution in [0.1, 0.15) is 25.0 Å². The zero-order chi connectivity index (χ0) is 12.4. The maximum atomic E-state index is 5.70. The minimum absolute atomic E-state index is 0.436. The summed E-state index contributed by atoms with van der Waals surface area (Å²) < 4.78 is 7.80. The highest BCUT2D eigenvalue weighted by atomic mass is 32.1. The molecule has 2 atom stereocenters. The zero-order valence-corrected chi connectivity index (χ0v) is 11.4. The molecule has 0 bridgehead atoms. The van der Waals surface area contributed by atoms with Gasteiger partial charge in [0.1, 0.15) is 0 Å². The number of likely N-dealkylation sites (N-methyl/N-ethyl adjacent to an activating group) is 1. The van der Waals surface area contributed by atoms with E-state index in [1.807, 2.05) is 7.05 Å². The van der Waals surface area contributed by atoms with Gasteiger partial charge < -0.3 is 10.1 Å². The van der Waals surface area contributed by atoms with E-state index in [9.17, 15) is 0 Å². The third kappa shape index (κ3) is 2.58. The smallest absolute Gasteiger partial charge is 0.193 e. The summed E-state index contributed by atoms with van der Waals surface area (Å²) in [6, 6.07) is 0.456. The summed E-state index contributed by atoms with van der Waals surface area (Å²) in [5.74, 6) is 0. The zero-order valence-electron chi connectivity index (χ0n) is 10.6. The highest BCUT2D eigenvalue weighted by molar-refractivity contribution is 7.15. The molecule has 18 heavy (non-hydrogen) atoms. The van der Waals surface area contributed by atoms with Crippen molar-refractivity contribution in [2.75, 3.05) is 13.7 Å². The Hall–Kier alpha value is -0.910. The van der Waals surface area contributed by atoms with Crippen molar-refractivity contribution < 1.29 is 4.74 Å². The molecule has 3 heterocycles. The summed E-state index contributed by atoms with van der Waals surface area (Å²) in [5, 5.41) is 5.45. The lowest BCUT2D eigenvalue weighted by Crippen LogP contribution is -2.31. The fourth-order valence-corrected chi connectivity index (χ4v) is 3.30. The van der Waals surface area contributed by atoms with Gasteiger partial charge in [-0.1, -0.05) is 0 Å². The van der Waals surface area contributed by atoms with Crippen molar-refractivity contribution in [2.24, 2.45) is 0 Å². The third-order valence-electron chi connectivity index (χ3n) is 3.58. The Morgan fingerprint density at radius 3 is 3.33 bits per heavy atom. The van der Waals surface area contributed by atoms with E-state index in [1.165, 1.54) is 18.5 Å². The van der Waals surface area contributed by atoms with Crippen molar-refractivity contribution >= 4 is 16.3 Å². The summed E-state index contributed by atoms with van der Waals surface area (Å²) >= 11 is 1.68. The number of rotatable bonds is 5. The molecule has 1 N–H and O–H groups in total. The molecule has 4 nitrogen and oxygen atoms in total. The number of aromatic nitrogens is 2. The molecule has 2 aromatic heterocycles. The summed E-state index contributed by atoms with van der Waals surface area (Å²) in [6.45, 7) is 0.932. The van der Waals surface area contributed by atoms with Crippen LogP contribution in [0.25, 0.3) is 4.96 Å². The summed E-state index contributed by atoms with van der Waals surface area (Å²) in [5.41, 5.74) is 1.17. The minimum atomic E-state index is 0.436. The van der Waals surface area contributed by atoms with Gasteiger partial charge in [-0.15, -0.1) is 11.3 Å². The molecule has 1 aliphatic heterocycles. The van der Waals surface area contributed by atoms with E-state index in [0.29, 0.717) is 12.1 Å². The van der Waals surface area contributed by atoms with Crippen molar-refractivity contribution in [3.8, 4) is 0 Å². The van der Waals surface area contributed by atoms with Gasteiger partial charge in [-0.3, -0.25) is 4.40 Å². The van der Waals surface area contributed by atoms with Crippen LogP contribution < -0.4 is 5.32 Å². The molecular weight excluding hydrogens is 246 g/mol. The number of fused-ring (bicyclic) bond motifs is 1.